The minimum atomic E-state index is -3.69. The van der Waals surface area contributed by atoms with Crippen LogP contribution < -0.4 is 0 Å². The number of nitriles is 1. The van der Waals surface area contributed by atoms with Gasteiger partial charge in [0.05, 0.1) is 10.5 Å². The average Bonchev–Trinajstić information content (AvgIpc) is 2.68. The Morgan fingerprint density at radius 1 is 1.04 bits per heavy atom. The first-order valence-electron chi connectivity index (χ1n) is 8.42. The van der Waals surface area contributed by atoms with Gasteiger partial charge in [0.15, 0.2) is 0 Å². The van der Waals surface area contributed by atoms with Gasteiger partial charge in [-0.2, -0.15) is 9.57 Å². The molecule has 0 unspecified atom stereocenters. The third kappa shape index (κ3) is 3.63. The van der Waals surface area contributed by atoms with Crippen molar-refractivity contribution in [2.45, 2.75) is 17.9 Å². The molecule has 3 rings (SSSR count). The van der Waals surface area contributed by atoms with Crippen LogP contribution in [-0.4, -0.2) is 43.8 Å². The van der Waals surface area contributed by atoms with Gasteiger partial charge in [-0.05, 0) is 36.8 Å². The third-order valence-electron chi connectivity index (χ3n) is 4.80. The molecule has 0 radical (unpaired) electrons. The average molecular weight is 373 g/mol. The number of sulfonamides is 1. The summed E-state index contributed by atoms with van der Waals surface area (Å²) in [5, 5.41) is 9.17. The molecule has 0 aliphatic carbocycles. The fraction of sp³-hybridized carbons (Fsp3) is 0.316. The predicted octanol–water partition coefficient (Wildman–Crippen LogP) is 2.76. The van der Waals surface area contributed by atoms with E-state index in [4.69, 9.17) is 0 Å². The molecule has 1 aliphatic rings. The lowest BCUT2D eigenvalue weighted by Gasteiger charge is -2.37. The van der Waals surface area contributed by atoms with Crippen molar-refractivity contribution in [3.05, 3.63) is 65.5 Å². The van der Waals surface area contributed by atoms with E-state index in [0.29, 0.717) is 26.2 Å². The van der Waals surface area contributed by atoms with Gasteiger partial charge in [-0.25, -0.2) is 12.8 Å². The van der Waals surface area contributed by atoms with Crippen LogP contribution in [0.4, 0.5) is 4.39 Å². The van der Waals surface area contributed by atoms with Crippen molar-refractivity contribution in [2.75, 3.05) is 26.2 Å². The molecule has 1 saturated heterocycles. The normalized spacial score (nSPS) is 17.6. The van der Waals surface area contributed by atoms with Crippen LogP contribution >= 0.6 is 0 Å². The molecular weight excluding hydrogens is 353 g/mol. The minimum Gasteiger partial charge on any atom is -0.294 e. The zero-order valence-electron chi connectivity index (χ0n) is 14.5. The molecule has 0 bridgehead atoms. The van der Waals surface area contributed by atoms with Gasteiger partial charge in [0.1, 0.15) is 11.9 Å². The Bertz CT molecular complexity index is 915. The lowest BCUT2D eigenvalue weighted by molar-refractivity contribution is 0.146. The number of halogens is 1. The van der Waals surface area contributed by atoms with E-state index in [1.54, 1.807) is 24.3 Å². The highest BCUT2D eigenvalue weighted by Crippen LogP contribution is 2.25. The van der Waals surface area contributed by atoms with E-state index < -0.39 is 10.0 Å². The van der Waals surface area contributed by atoms with Gasteiger partial charge in [-0.3, -0.25) is 4.90 Å². The number of piperazine rings is 1. The summed E-state index contributed by atoms with van der Waals surface area (Å²) >= 11 is 0. The lowest BCUT2D eigenvalue weighted by Crippen LogP contribution is -2.49. The fourth-order valence-electron chi connectivity index (χ4n) is 3.21. The Labute approximate surface area is 153 Å². The van der Waals surface area contributed by atoms with E-state index >= 15 is 0 Å². The van der Waals surface area contributed by atoms with Crippen LogP contribution in [0.1, 0.15) is 24.1 Å². The SMILES string of the molecule is C[C@@H](c1ccc(F)cc1)N1CCN(S(=O)(=O)c2ccccc2C#N)CC1. The van der Waals surface area contributed by atoms with Crippen LogP contribution in [0, 0.1) is 17.1 Å². The molecule has 1 atom stereocenters. The Morgan fingerprint density at radius 3 is 2.27 bits per heavy atom. The summed E-state index contributed by atoms with van der Waals surface area (Å²) in [7, 11) is -3.69. The summed E-state index contributed by atoms with van der Waals surface area (Å²) in [5.74, 6) is -0.270. The monoisotopic (exact) mass is 373 g/mol. The van der Waals surface area contributed by atoms with Crippen molar-refractivity contribution in [1.29, 1.82) is 5.26 Å². The van der Waals surface area contributed by atoms with Crippen molar-refractivity contribution in [3.8, 4) is 6.07 Å². The van der Waals surface area contributed by atoms with Crippen molar-refractivity contribution in [2.24, 2.45) is 0 Å². The zero-order valence-corrected chi connectivity index (χ0v) is 15.3. The summed E-state index contributed by atoms with van der Waals surface area (Å²) in [5.41, 5.74) is 1.16. The highest BCUT2D eigenvalue weighted by Gasteiger charge is 2.31. The summed E-state index contributed by atoms with van der Waals surface area (Å²) < 4.78 is 40.2. The molecule has 1 aliphatic heterocycles. The quantitative estimate of drug-likeness (QED) is 0.827. The van der Waals surface area contributed by atoms with Crippen LogP contribution in [-0.2, 0) is 10.0 Å². The van der Waals surface area contributed by atoms with Gasteiger partial charge in [0.25, 0.3) is 0 Å². The molecule has 1 heterocycles. The van der Waals surface area contributed by atoms with Crippen LogP contribution in [0.25, 0.3) is 0 Å². The number of nitrogens with zero attached hydrogens (tertiary/aromatic N) is 3. The molecule has 136 valence electrons. The van der Waals surface area contributed by atoms with E-state index in [2.05, 4.69) is 4.90 Å². The Balaban J connectivity index is 1.72. The molecule has 2 aromatic rings. The van der Waals surface area contributed by atoms with E-state index in [-0.39, 0.29) is 22.3 Å². The van der Waals surface area contributed by atoms with Gasteiger partial charge in [-0.1, -0.05) is 24.3 Å². The Morgan fingerprint density at radius 2 is 1.65 bits per heavy atom. The van der Waals surface area contributed by atoms with Crippen LogP contribution in [0.2, 0.25) is 0 Å². The summed E-state index contributed by atoms with van der Waals surface area (Å²) in [6.07, 6.45) is 0. The van der Waals surface area contributed by atoms with E-state index in [0.717, 1.165) is 5.56 Å². The fourth-order valence-corrected chi connectivity index (χ4v) is 4.77. The van der Waals surface area contributed by atoms with E-state index in [1.165, 1.54) is 28.6 Å². The standard InChI is InChI=1S/C19H20FN3O2S/c1-15(16-6-8-18(20)9-7-16)22-10-12-23(13-11-22)26(24,25)19-5-3-2-4-17(19)14-21/h2-9,15H,10-13H2,1H3/t15-/m0/s1. The second kappa shape index (κ2) is 7.54. The molecule has 26 heavy (non-hydrogen) atoms. The maximum atomic E-state index is 13.1. The van der Waals surface area contributed by atoms with Gasteiger partial charge >= 0.3 is 0 Å². The second-order valence-electron chi connectivity index (χ2n) is 6.28. The highest BCUT2D eigenvalue weighted by atomic mass is 32.2. The summed E-state index contributed by atoms with van der Waals surface area (Å²) in [6.45, 7) is 3.89. The Kier molecular flexibility index (Phi) is 5.37. The number of hydrogen-bond acceptors (Lipinski definition) is 4. The van der Waals surface area contributed by atoms with E-state index in [9.17, 15) is 18.1 Å². The largest absolute Gasteiger partial charge is 0.294 e. The summed E-state index contributed by atoms with van der Waals surface area (Å²) in [4.78, 5) is 2.23. The van der Waals surface area contributed by atoms with Crippen molar-refractivity contribution < 1.29 is 12.8 Å². The topological polar surface area (TPSA) is 64.4 Å². The van der Waals surface area contributed by atoms with Crippen LogP contribution in [0.5, 0.6) is 0 Å². The van der Waals surface area contributed by atoms with Gasteiger partial charge in [0, 0.05) is 32.2 Å². The number of rotatable bonds is 4. The third-order valence-corrected chi connectivity index (χ3v) is 6.76. The van der Waals surface area contributed by atoms with Gasteiger partial charge in [-0.15, -0.1) is 0 Å². The molecule has 0 spiro atoms. The first kappa shape index (κ1) is 18.5. The first-order chi connectivity index (χ1) is 12.4. The molecule has 1 fully saturated rings. The minimum absolute atomic E-state index is 0.0579. The molecule has 5 nitrogen and oxygen atoms in total. The second-order valence-corrected chi connectivity index (χ2v) is 8.18. The maximum Gasteiger partial charge on any atom is 0.244 e. The molecule has 2 aromatic carbocycles. The summed E-state index contributed by atoms with van der Waals surface area (Å²) in [6, 6.07) is 14.7. The van der Waals surface area contributed by atoms with Crippen molar-refractivity contribution in [1.82, 2.24) is 9.21 Å². The predicted molar refractivity (Wildman–Crippen MR) is 96.3 cm³/mol. The van der Waals surface area contributed by atoms with Crippen molar-refractivity contribution in [3.63, 3.8) is 0 Å². The first-order valence-corrected chi connectivity index (χ1v) is 9.86. The van der Waals surface area contributed by atoms with Crippen LogP contribution in [0.3, 0.4) is 0 Å². The Hall–Kier alpha value is -2.27. The van der Waals surface area contributed by atoms with Crippen molar-refractivity contribution >= 4 is 10.0 Å². The molecule has 0 aromatic heterocycles. The smallest absolute Gasteiger partial charge is 0.244 e. The van der Waals surface area contributed by atoms with Crippen LogP contribution in [0.15, 0.2) is 53.4 Å². The van der Waals surface area contributed by atoms with Gasteiger partial charge in [0.2, 0.25) is 10.0 Å². The molecular formula is C19H20FN3O2S. The molecule has 0 saturated carbocycles. The number of benzene rings is 2. The zero-order chi connectivity index (χ0) is 18.7. The maximum absolute atomic E-state index is 13.1. The molecule has 0 amide bonds. The number of hydrogen-bond donors (Lipinski definition) is 0. The molecule has 7 heteroatoms. The lowest BCUT2D eigenvalue weighted by atomic mass is 10.1. The highest BCUT2D eigenvalue weighted by molar-refractivity contribution is 7.89. The van der Waals surface area contributed by atoms with E-state index in [1.807, 2.05) is 13.0 Å². The van der Waals surface area contributed by atoms with Gasteiger partial charge < -0.3 is 0 Å². The molecule has 0 N–H and O–H groups in total.